The first-order valence-electron chi connectivity index (χ1n) is 14.9. The summed E-state index contributed by atoms with van der Waals surface area (Å²) in [5, 5.41) is 0. The highest BCUT2D eigenvalue weighted by Crippen LogP contribution is 2.32. The second-order valence-electron chi connectivity index (χ2n) is 10.8. The molecular formula is C42H34N2. The van der Waals surface area contributed by atoms with Crippen LogP contribution in [0.5, 0.6) is 0 Å². The van der Waals surface area contributed by atoms with Crippen molar-refractivity contribution in [2.45, 2.75) is 13.8 Å². The van der Waals surface area contributed by atoms with Gasteiger partial charge in [0.2, 0.25) is 0 Å². The zero-order valence-electron chi connectivity index (χ0n) is 25.1. The van der Waals surface area contributed by atoms with Gasteiger partial charge in [-0.2, -0.15) is 0 Å². The van der Waals surface area contributed by atoms with Crippen molar-refractivity contribution in [2.75, 3.05) is 0 Å². The lowest BCUT2D eigenvalue weighted by atomic mass is 9.99. The largest absolute Gasteiger partial charge is 0.245 e. The van der Waals surface area contributed by atoms with Crippen LogP contribution in [0.1, 0.15) is 44.5 Å². The van der Waals surface area contributed by atoms with Gasteiger partial charge in [-0.15, -0.1) is 0 Å². The second-order valence-corrected chi connectivity index (χ2v) is 10.8. The van der Waals surface area contributed by atoms with Crippen molar-refractivity contribution in [2.24, 2.45) is 9.98 Å². The molecule has 6 aromatic rings. The summed E-state index contributed by atoms with van der Waals surface area (Å²) in [6, 6.07) is 58.7. The highest BCUT2D eigenvalue weighted by Gasteiger charge is 2.17. The van der Waals surface area contributed by atoms with Crippen LogP contribution < -0.4 is 0 Å². The molecule has 0 saturated heterocycles. The van der Waals surface area contributed by atoms with Crippen molar-refractivity contribution in [1.29, 1.82) is 0 Å². The fraction of sp³-hybridized carbons (Fsp3) is 0.0476. The maximum Gasteiger partial charge on any atom is 0.0972 e. The zero-order valence-corrected chi connectivity index (χ0v) is 25.1. The third-order valence-corrected chi connectivity index (χ3v) is 7.51. The molecule has 0 fully saturated rings. The first-order valence-corrected chi connectivity index (χ1v) is 14.9. The van der Waals surface area contributed by atoms with Gasteiger partial charge in [0.15, 0.2) is 0 Å². The van der Waals surface area contributed by atoms with E-state index in [2.05, 4.69) is 159 Å². The molecule has 6 rings (SSSR count). The highest BCUT2D eigenvalue weighted by molar-refractivity contribution is 6.18. The summed E-state index contributed by atoms with van der Waals surface area (Å²) >= 11 is 0. The summed E-state index contributed by atoms with van der Waals surface area (Å²) in [5.41, 5.74) is 12.0. The van der Waals surface area contributed by atoms with Gasteiger partial charge in [0, 0.05) is 33.4 Å². The molecule has 44 heavy (non-hydrogen) atoms. The fourth-order valence-corrected chi connectivity index (χ4v) is 5.13. The Balaban J connectivity index is 1.74. The Kier molecular flexibility index (Phi) is 8.80. The molecule has 0 aliphatic heterocycles. The Bertz CT molecular complexity index is 1670. The van der Waals surface area contributed by atoms with E-state index in [1.807, 2.05) is 24.3 Å². The topological polar surface area (TPSA) is 24.7 Å². The minimum absolute atomic E-state index is 0.806. The summed E-state index contributed by atoms with van der Waals surface area (Å²) in [6.07, 6.45) is 0. The number of benzene rings is 6. The Labute approximate surface area is 260 Å². The molecule has 2 nitrogen and oxygen atoms in total. The molecule has 6 aromatic carbocycles. The van der Waals surface area contributed by atoms with E-state index in [1.54, 1.807) is 0 Å². The highest BCUT2D eigenvalue weighted by atomic mass is 14.9. The molecule has 0 bridgehead atoms. The van der Waals surface area contributed by atoms with E-state index in [1.165, 1.54) is 11.1 Å². The molecule has 0 saturated carbocycles. The fourth-order valence-electron chi connectivity index (χ4n) is 5.13. The average molecular weight is 567 g/mol. The van der Waals surface area contributed by atoms with Crippen molar-refractivity contribution >= 4 is 22.8 Å². The van der Waals surface area contributed by atoms with Crippen LogP contribution in [0.15, 0.2) is 180 Å². The van der Waals surface area contributed by atoms with Gasteiger partial charge in [0.05, 0.1) is 22.8 Å². The van der Waals surface area contributed by atoms with Crippen molar-refractivity contribution in [3.63, 3.8) is 0 Å². The molecule has 0 atom stereocenters. The number of aliphatic imine (C=N–C) groups is 2. The van der Waals surface area contributed by atoms with Crippen LogP contribution >= 0.6 is 0 Å². The van der Waals surface area contributed by atoms with Crippen LogP contribution in [0.3, 0.4) is 0 Å². The second kappa shape index (κ2) is 13.6. The smallest absolute Gasteiger partial charge is 0.0972 e. The lowest BCUT2D eigenvalue weighted by Crippen LogP contribution is -2.06. The van der Waals surface area contributed by atoms with Crippen molar-refractivity contribution < 1.29 is 0 Å². The molecule has 0 aliphatic rings. The van der Waals surface area contributed by atoms with Gasteiger partial charge >= 0.3 is 0 Å². The van der Waals surface area contributed by atoms with E-state index in [0.29, 0.717) is 0 Å². The molecule has 212 valence electrons. The van der Waals surface area contributed by atoms with Crippen LogP contribution in [0.4, 0.5) is 0 Å². The summed E-state index contributed by atoms with van der Waals surface area (Å²) in [5.74, 6) is 0. The molecule has 0 radical (unpaired) electrons. The Morgan fingerprint density at radius 2 is 0.545 bits per heavy atom. The van der Waals surface area contributed by atoms with E-state index in [4.69, 9.17) is 9.98 Å². The molecule has 0 N–H and O–H groups in total. The van der Waals surface area contributed by atoms with Crippen LogP contribution in [0, 0.1) is 13.8 Å². The maximum atomic E-state index is 5.55. The molecule has 0 heterocycles. The quantitative estimate of drug-likeness (QED) is 0.129. The SMILES string of the molecule is Cc1ccc(/C(N=C(c2ccccc2)c2ccccc2)=C(\N=C(c2ccccc2)c2ccccc2)c2ccc(C)cc2)cc1. The molecule has 0 amide bonds. The van der Waals surface area contributed by atoms with E-state index in [-0.39, 0.29) is 0 Å². The van der Waals surface area contributed by atoms with E-state index < -0.39 is 0 Å². The van der Waals surface area contributed by atoms with Crippen molar-refractivity contribution in [3.05, 3.63) is 214 Å². The van der Waals surface area contributed by atoms with Crippen LogP contribution in [0.2, 0.25) is 0 Å². The van der Waals surface area contributed by atoms with Gasteiger partial charge < -0.3 is 0 Å². The first kappa shape index (κ1) is 28.5. The lowest BCUT2D eigenvalue weighted by molar-refractivity contribution is 1.38. The monoisotopic (exact) mass is 566 g/mol. The third-order valence-electron chi connectivity index (χ3n) is 7.51. The Morgan fingerprint density at radius 3 is 0.795 bits per heavy atom. The summed E-state index contributed by atoms with van der Waals surface area (Å²) in [7, 11) is 0. The minimum atomic E-state index is 0.806. The number of hydrogen-bond acceptors (Lipinski definition) is 2. The standard InChI is InChI=1S/C42H34N2/c1-31-23-27-37(28-24-31)41(43-39(33-15-7-3-8-16-33)34-17-9-4-10-18-34)42(38-29-25-32(2)26-30-38)44-40(35-19-11-5-12-20-35)36-21-13-6-14-22-36/h3-30H,1-2H3/b42-41+. The van der Waals surface area contributed by atoms with Crippen LogP contribution in [0.25, 0.3) is 11.4 Å². The minimum Gasteiger partial charge on any atom is -0.245 e. The number of hydrogen-bond donors (Lipinski definition) is 0. The summed E-state index contributed by atoms with van der Waals surface area (Å²) in [4.78, 5) is 11.1. The van der Waals surface area contributed by atoms with Crippen molar-refractivity contribution in [1.82, 2.24) is 0 Å². The van der Waals surface area contributed by atoms with E-state index in [0.717, 1.165) is 56.2 Å². The van der Waals surface area contributed by atoms with Gasteiger partial charge in [0.1, 0.15) is 0 Å². The Morgan fingerprint density at radius 1 is 0.295 bits per heavy atom. The summed E-state index contributed by atoms with van der Waals surface area (Å²) < 4.78 is 0. The number of nitrogens with zero attached hydrogens (tertiary/aromatic N) is 2. The molecule has 2 heteroatoms. The molecule has 0 unspecified atom stereocenters. The van der Waals surface area contributed by atoms with Gasteiger partial charge in [-0.3, -0.25) is 0 Å². The molecule has 0 spiro atoms. The summed E-state index contributed by atoms with van der Waals surface area (Å²) in [6.45, 7) is 4.22. The average Bonchev–Trinajstić information content (AvgIpc) is 3.09. The Hall–Kier alpha value is -5.60. The van der Waals surface area contributed by atoms with Gasteiger partial charge in [-0.25, -0.2) is 9.98 Å². The van der Waals surface area contributed by atoms with Crippen LogP contribution in [-0.4, -0.2) is 11.4 Å². The first-order chi connectivity index (χ1) is 21.7. The van der Waals surface area contributed by atoms with E-state index in [9.17, 15) is 0 Å². The van der Waals surface area contributed by atoms with Gasteiger partial charge in [0.25, 0.3) is 0 Å². The maximum absolute atomic E-state index is 5.55. The van der Waals surface area contributed by atoms with Crippen LogP contribution in [-0.2, 0) is 0 Å². The molecular weight excluding hydrogens is 532 g/mol. The third kappa shape index (κ3) is 6.72. The molecule has 0 aliphatic carbocycles. The van der Waals surface area contributed by atoms with Gasteiger partial charge in [-0.05, 0) is 13.8 Å². The predicted molar refractivity (Wildman–Crippen MR) is 186 cm³/mol. The van der Waals surface area contributed by atoms with Gasteiger partial charge in [-0.1, -0.05) is 181 Å². The molecule has 0 aromatic heterocycles. The number of rotatable bonds is 8. The zero-order chi connectivity index (χ0) is 30.1. The normalized spacial score (nSPS) is 11.3. The van der Waals surface area contributed by atoms with E-state index >= 15 is 0 Å². The van der Waals surface area contributed by atoms with Crippen molar-refractivity contribution in [3.8, 4) is 0 Å². The number of aryl methyl sites for hydroxylation is 2. The lowest BCUT2D eigenvalue weighted by Gasteiger charge is -2.16. The predicted octanol–water partition coefficient (Wildman–Crippen LogP) is 10.2.